The van der Waals surface area contributed by atoms with Crippen molar-refractivity contribution in [2.75, 3.05) is 0 Å². The number of benzene rings is 2. The number of hydrogen-bond acceptors (Lipinski definition) is 4. The number of aromatic nitrogens is 1. The average molecular weight is 358 g/mol. The summed E-state index contributed by atoms with van der Waals surface area (Å²) in [5, 5.41) is 3.78. The summed E-state index contributed by atoms with van der Waals surface area (Å²) in [6.07, 6.45) is 3.39. The van der Waals surface area contributed by atoms with E-state index in [1.807, 2.05) is 66.7 Å². The minimum atomic E-state index is -0.269. The number of amides is 1. The van der Waals surface area contributed by atoms with Crippen molar-refractivity contribution in [2.24, 2.45) is 0 Å². The smallest absolute Gasteiger partial charge is 0.287 e. The number of furan rings is 1. The Hall–Kier alpha value is -3.60. The summed E-state index contributed by atoms with van der Waals surface area (Å²) in [5.74, 6) is 0.752. The number of carbonyl (C=O) groups is 1. The summed E-state index contributed by atoms with van der Waals surface area (Å²) in [6, 6.07) is 20.8. The highest BCUT2D eigenvalue weighted by atomic mass is 16.5. The van der Waals surface area contributed by atoms with E-state index in [2.05, 4.69) is 10.3 Å². The fourth-order valence-corrected chi connectivity index (χ4v) is 2.86. The molecule has 0 spiro atoms. The lowest BCUT2D eigenvalue weighted by Crippen LogP contribution is -2.23. The van der Waals surface area contributed by atoms with Gasteiger partial charge < -0.3 is 14.5 Å². The Morgan fingerprint density at radius 2 is 1.70 bits per heavy atom. The van der Waals surface area contributed by atoms with Crippen LogP contribution >= 0.6 is 0 Å². The lowest BCUT2D eigenvalue weighted by Gasteiger charge is -2.08. The van der Waals surface area contributed by atoms with Gasteiger partial charge in [0.15, 0.2) is 5.76 Å². The molecule has 1 amide bonds. The number of para-hydroxylation sites is 2. The van der Waals surface area contributed by atoms with Crippen molar-refractivity contribution in [3.8, 4) is 5.75 Å². The Labute approximate surface area is 156 Å². The minimum absolute atomic E-state index is 0.249. The van der Waals surface area contributed by atoms with E-state index in [1.54, 1.807) is 12.4 Å². The van der Waals surface area contributed by atoms with Gasteiger partial charge >= 0.3 is 0 Å². The molecule has 5 heteroatoms. The van der Waals surface area contributed by atoms with Gasteiger partial charge in [0.05, 0.1) is 0 Å². The van der Waals surface area contributed by atoms with Crippen molar-refractivity contribution in [2.45, 2.75) is 13.2 Å². The van der Waals surface area contributed by atoms with Gasteiger partial charge in [-0.2, -0.15) is 0 Å². The standard InChI is InChI=1S/C22H18N2O3/c25-22(24-14-16-10-12-23-13-11-16)21-19(15-26-17-6-2-1-3-7-17)18-8-4-5-9-20(18)27-21/h1-13H,14-15H2,(H,24,25). The summed E-state index contributed by atoms with van der Waals surface area (Å²) in [4.78, 5) is 16.7. The third-order valence-electron chi connectivity index (χ3n) is 4.23. The van der Waals surface area contributed by atoms with Gasteiger partial charge in [-0.05, 0) is 35.9 Å². The number of carbonyl (C=O) groups excluding carboxylic acids is 1. The van der Waals surface area contributed by atoms with E-state index in [0.29, 0.717) is 12.1 Å². The first-order valence-corrected chi connectivity index (χ1v) is 8.66. The van der Waals surface area contributed by atoms with Crippen LogP contribution in [0, 0.1) is 0 Å². The van der Waals surface area contributed by atoms with E-state index in [9.17, 15) is 4.79 Å². The summed E-state index contributed by atoms with van der Waals surface area (Å²) in [7, 11) is 0. The van der Waals surface area contributed by atoms with Crippen LogP contribution in [0.15, 0.2) is 83.5 Å². The fourth-order valence-electron chi connectivity index (χ4n) is 2.86. The largest absolute Gasteiger partial charge is 0.489 e. The van der Waals surface area contributed by atoms with Crippen molar-refractivity contribution >= 4 is 16.9 Å². The van der Waals surface area contributed by atoms with E-state index >= 15 is 0 Å². The maximum atomic E-state index is 12.7. The number of fused-ring (bicyclic) bond motifs is 1. The Morgan fingerprint density at radius 1 is 0.963 bits per heavy atom. The van der Waals surface area contributed by atoms with Crippen molar-refractivity contribution in [3.63, 3.8) is 0 Å². The zero-order valence-corrected chi connectivity index (χ0v) is 14.6. The van der Waals surface area contributed by atoms with Crippen LogP contribution in [0.5, 0.6) is 5.75 Å². The average Bonchev–Trinajstić information content (AvgIpc) is 3.11. The Balaban J connectivity index is 1.58. The normalized spacial score (nSPS) is 10.7. The molecule has 0 aliphatic heterocycles. The number of pyridine rings is 1. The van der Waals surface area contributed by atoms with Gasteiger partial charge in [0, 0.05) is 29.9 Å². The quantitative estimate of drug-likeness (QED) is 0.557. The topological polar surface area (TPSA) is 64.4 Å². The molecule has 4 rings (SSSR count). The molecule has 0 fully saturated rings. The Kier molecular flexibility index (Phi) is 4.83. The maximum absolute atomic E-state index is 12.7. The second-order valence-electron chi connectivity index (χ2n) is 6.05. The first-order valence-electron chi connectivity index (χ1n) is 8.66. The molecule has 2 aromatic carbocycles. The fraction of sp³-hybridized carbons (Fsp3) is 0.0909. The molecule has 134 valence electrons. The van der Waals surface area contributed by atoms with Crippen LogP contribution in [0.1, 0.15) is 21.7 Å². The second-order valence-corrected chi connectivity index (χ2v) is 6.05. The van der Waals surface area contributed by atoms with Crippen LogP contribution in [-0.4, -0.2) is 10.9 Å². The molecule has 0 bridgehead atoms. The minimum Gasteiger partial charge on any atom is -0.489 e. The number of rotatable bonds is 6. The maximum Gasteiger partial charge on any atom is 0.287 e. The zero-order chi connectivity index (χ0) is 18.5. The number of hydrogen-bond donors (Lipinski definition) is 1. The summed E-state index contributed by atoms with van der Waals surface area (Å²) < 4.78 is 11.7. The van der Waals surface area contributed by atoms with Crippen LogP contribution < -0.4 is 10.1 Å². The van der Waals surface area contributed by atoms with Crippen LogP contribution in [0.25, 0.3) is 11.0 Å². The van der Waals surface area contributed by atoms with E-state index in [4.69, 9.17) is 9.15 Å². The van der Waals surface area contributed by atoms with Crippen molar-refractivity contribution in [1.29, 1.82) is 0 Å². The molecule has 1 N–H and O–H groups in total. The summed E-state index contributed by atoms with van der Waals surface area (Å²) >= 11 is 0. The molecule has 0 atom stereocenters. The van der Waals surface area contributed by atoms with E-state index < -0.39 is 0 Å². The zero-order valence-electron chi connectivity index (χ0n) is 14.6. The molecule has 5 nitrogen and oxygen atoms in total. The third kappa shape index (κ3) is 3.82. The first-order chi connectivity index (χ1) is 13.3. The third-order valence-corrected chi connectivity index (χ3v) is 4.23. The van der Waals surface area contributed by atoms with Gasteiger partial charge in [0.2, 0.25) is 0 Å². The van der Waals surface area contributed by atoms with Crippen LogP contribution in [0.2, 0.25) is 0 Å². The van der Waals surface area contributed by atoms with Crippen molar-refractivity contribution in [1.82, 2.24) is 10.3 Å². The first kappa shape index (κ1) is 16.8. The highest BCUT2D eigenvalue weighted by Gasteiger charge is 2.20. The number of nitrogens with zero attached hydrogens (tertiary/aromatic N) is 1. The molecular formula is C22H18N2O3. The highest BCUT2D eigenvalue weighted by molar-refractivity contribution is 5.99. The molecule has 2 aromatic heterocycles. The molecule has 0 radical (unpaired) electrons. The van der Waals surface area contributed by atoms with E-state index in [-0.39, 0.29) is 18.3 Å². The van der Waals surface area contributed by atoms with E-state index in [1.165, 1.54) is 0 Å². The van der Waals surface area contributed by atoms with Gasteiger partial charge in [-0.15, -0.1) is 0 Å². The van der Waals surface area contributed by atoms with Gasteiger partial charge in [-0.3, -0.25) is 9.78 Å². The molecule has 0 saturated carbocycles. The molecule has 4 aromatic rings. The Bertz CT molecular complexity index is 1040. The molecular weight excluding hydrogens is 340 g/mol. The van der Waals surface area contributed by atoms with Crippen LogP contribution in [0.3, 0.4) is 0 Å². The van der Waals surface area contributed by atoms with Gasteiger partial charge in [-0.25, -0.2) is 0 Å². The molecule has 0 aliphatic rings. The predicted octanol–water partition coefficient (Wildman–Crippen LogP) is 4.34. The second kappa shape index (κ2) is 7.74. The van der Waals surface area contributed by atoms with Gasteiger partial charge in [-0.1, -0.05) is 36.4 Å². The lowest BCUT2D eigenvalue weighted by molar-refractivity contribution is 0.0922. The Morgan fingerprint density at radius 3 is 2.52 bits per heavy atom. The highest BCUT2D eigenvalue weighted by Crippen LogP contribution is 2.27. The molecule has 0 aliphatic carbocycles. The van der Waals surface area contributed by atoms with Gasteiger partial charge in [0.25, 0.3) is 5.91 Å². The van der Waals surface area contributed by atoms with Crippen LogP contribution in [0.4, 0.5) is 0 Å². The van der Waals surface area contributed by atoms with Gasteiger partial charge in [0.1, 0.15) is 17.9 Å². The monoisotopic (exact) mass is 358 g/mol. The van der Waals surface area contributed by atoms with Crippen LogP contribution in [-0.2, 0) is 13.2 Å². The molecule has 2 heterocycles. The molecule has 0 saturated heterocycles. The molecule has 27 heavy (non-hydrogen) atoms. The van der Waals surface area contributed by atoms with E-state index in [0.717, 1.165) is 22.3 Å². The number of ether oxygens (including phenoxy) is 1. The molecule has 0 unspecified atom stereocenters. The van der Waals surface area contributed by atoms with Crippen molar-refractivity contribution in [3.05, 3.63) is 96.0 Å². The summed E-state index contributed by atoms with van der Waals surface area (Å²) in [6.45, 7) is 0.649. The van der Waals surface area contributed by atoms with Crippen molar-refractivity contribution < 1.29 is 13.9 Å². The summed E-state index contributed by atoms with van der Waals surface area (Å²) in [5.41, 5.74) is 2.37. The number of nitrogens with one attached hydrogen (secondary N) is 1. The SMILES string of the molecule is O=C(NCc1ccncc1)c1oc2ccccc2c1COc1ccccc1. The lowest BCUT2D eigenvalue weighted by atomic mass is 10.1. The predicted molar refractivity (Wildman–Crippen MR) is 102 cm³/mol.